The molecule has 2 rings (SSSR count). The van der Waals surface area contributed by atoms with Gasteiger partial charge in [0.1, 0.15) is 0 Å². The first-order valence-electron chi connectivity index (χ1n) is 7.77. The van der Waals surface area contributed by atoms with Crippen molar-refractivity contribution in [2.45, 2.75) is 18.0 Å². The first-order chi connectivity index (χ1) is 12.5. The van der Waals surface area contributed by atoms with E-state index in [1.807, 2.05) is 0 Å². The lowest BCUT2D eigenvalue weighted by Gasteiger charge is -2.20. The number of sulfonamides is 1. The Hall–Kier alpha value is -1.91. The number of hydrogen-bond donors (Lipinski definition) is 1. The largest absolute Gasteiger partial charge is 0.416 e. The summed E-state index contributed by atoms with van der Waals surface area (Å²) < 4.78 is 65.1. The van der Waals surface area contributed by atoms with Crippen LogP contribution in [-0.4, -0.2) is 31.7 Å². The van der Waals surface area contributed by atoms with Gasteiger partial charge in [0.15, 0.2) is 0 Å². The van der Waals surface area contributed by atoms with E-state index in [-0.39, 0.29) is 17.1 Å². The third-order valence-corrected chi connectivity index (χ3v) is 6.06. The van der Waals surface area contributed by atoms with Crippen molar-refractivity contribution in [1.82, 2.24) is 4.31 Å². The number of nitrogens with zero attached hydrogens (tertiary/aromatic N) is 1. The Morgan fingerprint density at radius 3 is 2.33 bits per heavy atom. The van der Waals surface area contributed by atoms with Gasteiger partial charge in [-0.25, -0.2) is 8.42 Å². The Balaban J connectivity index is 2.14. The highest BCUT2D eigenvalue weighted by Crippen LogP contribution is 2.30. The first kappa shape index (κ1) is 21.4. The monoisotopic (exact) mass is 464 g/mol. The molecule has 0 bridgehead atoms. The van der Waals surface area contributed by atoms with Crippen molar-refractivity contribution in [2.24, 2.45) is 0 Å². The van der Waals surface area contributed by atoms with Crippen LogP contribution in [-0.2, 0) is 21.0 Å². The van der Waals surface area contributed by atoms with Crippen molar-refractivity contribution < 1.29 is 26.4 Å². The Bertz CT molecular complexity index is 916. The van der Waals surface area contributed by atoms with E-state index >= 15 is 0 Å². The van der Waals surface area contributed by atoms with Crippen LogP contribution in [0.25, 0.3) is 0 Å². The maximum atomic E-state index is 12.7. The highest BCUT2D eigenvalue weighted by molar-refractivity contribution is 9.10. The molecule has 0 atom stereocenters. The maximum absolute atomic E-state index is 12.7. The number of likely N-dealkylation sites (N-methyl/N-ethyl adjacent to an activating group) is 1. The number of anilines is 1. The molecule has 1 N–H and O–H groups in total. The smallest absolute Gasteiger partial charge is 0.325 e. The van der Waals surface area contributed by atoms with Gasteiger partial charge in [0.05, 0.1) is 17.0 Å². The summed E-state index contributed by atoms with van der Waals surface area (Å²) >= 11 is 3.21. The number of nitrogens with one attached hydrogen (secondary N) is 1. The summed E-state index contributed by atoms with van der Waals surface area (Å²) in [5.41, 5.74) is -0.970. The molecule has 1 amide bonds. The third-order valence-electron chi connectivity index (χ3n) is 3.60. The number of carbonyl (C=O) groups excluding carboxylic acids is 1. The molecule has 0 aliphatic carbocycles. The number of alkyl halides is 3. The van der Waals surface area contributed by atoms with Crippen LogP contribution in [0.1, 0.15) is 12.5 Å². The fraction of sp³-hybridized carbons (Fsp3) is 0.235. The van der Waals surface area contributed by atoms with Crippen molar-refractivity contribution in [3.8, 4) is 0 Å². The quantitative estimate of drug-likeness (QED) is 0.699. The van der Waals surface area contributed by atoms with E-state index in [2.05, 4.69) is 21.2 Å². The fourth-order valence-corrected chi connectivity index (χ4v) is 3.93. The second-order valence-electron chi connectivity index (χ2n) is 5.51. The molecule has 2 aromatic carbocycles. The lowest BCUT2D eigenvalue weighted by Crippen LogP contribution is -2.37. The molecule has 0 aliphatic rings. The standard InChI is InChI=1S/C17H16BrF3N2O3S/c1-2-23(27(25,26)15-8-6-13(18)7-9-15)11-16(24)22-14-5-3-4-12(10-14)17(19,20)21/h3-10H,2,11H2,1H3,(H,22,24). The summed E-state index contributed by atoms with van der Waals surface area (Å²) in [6, 6.07) is 10.0. The highest BCUT2D eigenvalue weighted by atomic mass is 79.9. The van der Waals surface area contributed by atoms with Gasteiger partial charge in [-0.3, -0.25) is 4.79 Å². The van der Waals surface area contributed by atoms with Crippen LogP contribution < -0.4 is 5.32 Å². The van der Waals surface area contributed by atoms with Gasteiger partial charge in [0.25, 0.3) is 0 Å². The molecule has 0 saturated carbocycles. The second-order valence-corrected chi connectivity index (χ2v) is 8.37. The Morgan fingerprint density at radius 2 is 1.78 bits per heavy atom. The van der Waals surface area contributed by atoms with E-state index in [1.165, 1.54) is 18.2 Å². The minimum atomic E-state index is -4.54. The molecule has 146 valence electrons. The van der Waals surface area contributed by atoms with Gasteiger partial charge in [-0.05, 0) is 42.5 Å². The van der Waals surface area contributed by atoms with E-state index in [0.717, 1.165) is 22.5 Å². The van der Waals surface area contributed by atoms with Gasteiger partial charge >= 0.3 is 6.18 Å². The van der Waals surface area contributed by atoms with Gasteiger partial charge in [-0.15, -0.1) is 0 Å². The van der Waals surface area contributed by atoms with Crippen LogP contribution in [0.15, 0.2) is 57.9 Å². The lowest BCUT2D eigenvalue weighted by molar-refractivity contribution is -0.137. The van der Waals surface area contributed by atoms with Crippen molar-refractivity contribution >= 4 is 37.5 Å². The van der Waals surface area contributed by atoms with E-state index in [4.69, 9.17) is 0 Å². The average molecular weight is 465 g/mol. The van der Waals surface area contributed by atoms with Crippen molar-refractivity contribution in [3.05, 3.63) is 58.6 Å². The van der Waals surface area contributed by atoms with E-state index < -0.39 is 34.2 Å². The van der Waals surface area contributed by atoms with E-state index in [0.29, 0.717) is 4.47 Å². The molecule has 27 heavy (non-hydrogen) atoms. The number of amides is 1. The lowest BCUT2D eigenvalue weighted by atomic mass is 10.2. The Kier molecular flexibility index (Phi) is 6.66. The van der Waals surface area contributed by atoms with Crippen LogP contribution in [0, 0.1) is 0 Å². The molecule has 0 spiro atoms. The van der Waals surface area contributed by atoms with Crippen molar-refractivity contribution in [1.29, 1.82) is 0 Å². The Labute approximate surface area is 163 Å². The number of carbonyl (C=O) groups is 1. The zero-order valence-corrected chi connectivity index (χ0v) is 16.5. The van der Waals surface area contributed by atoms with Gasteiger partial charge in [0.2, 0.25) is 15.9 Å². The molecule has 0 aromatic heterocycles. The normalized spacial score (nSPS) is 12.2. The zero-order valence-electron chi connectivity index (χ0n) is 14.1. The van der Waals surface area contributed by atoms with Gasteiger partial charge < -0.3 is 5.32 Å². The minimum Gasteiger partial charge on any atom is -0.325 e. The summed E-state index contributed by atoms with van der Waals surface area (Å²) in [4.78, 5) is 12.2. The van der Waals surface area contributed by atoms with Crippen LogP contribution in [0.3, 0.4) is 0 Å². The molecular weight excluding hydrogens is 449 g/mol. The summed E-state index contributed by atoms with van der Waals surface area (Å²) in [6.07, 6.45) is -4.54. The number of benzene rings is 2. The van der Waals surface area contributed by atoms with E-state index in [9.17, 15) is 26.4 Å². The van der Waals surface area contributed by atoms with Gasteiger partial charge in [-0.2, -0.15) is 17.5 Å². The van der Waals surface area contributed by atoms with Crippen molar-refractivity contribution in [3.63, 3.8) is 0 Å². The number of hydrogen-bond acceptors (Lipinski definition) is 3. The third kappa shape index (κ3) is 5.53. The summed E-state index contributed by atoms with van der Waals surface area (Å²) in [7, 11) is -3.91. The average Bonchev–Trinajstić information content (AvgIpc) is 2.59. The molecule has 0 aliphatic heterocycles. The molecule has 0 saturated heterocycles. The zero-order chi connectivity index (χ0) is 20.2. The fourth-order valence-electron chi connectivity index (χ4n) is 2.26. The molecule has 0 fully saturated rings. The number of halogens is 4. The van der Waals surface area contributed by atoms with Gasteiger partial charge in [0, 0.05) is 16.7 Å². The summed E-state index contributed by atoms with van der Waals surface area (Å²) in [5, 5.41) is 2.30. The van der Waals surface area contributed by atoms with Crippen LogP contribution in [0.4, 0.5) is 18.9 Å². The predicted octanol–water partition coefficient (Wildman–Crippen LogP) is 4.12. The number of rotatable bonds is 6. The molecule has 0 heterocycles. The minimum absolute atomic E-state index is 0.0134. The molecule has 2 aromatic rings. The predicted molar refractivity (Wildman–Crippen MR) is 98.6 cm³/mol. The van der Waals surface area contributed by atoms with Crippen molar-refractivity contribution in [2.75, 3.05) is 18.4 Å². The summed E-state index contributed by atoms with van der Waals surface area (Å²) in [5.74, 6) is -0.739. The summed E-state index contributed by atoms with van der Waals surface area (Å²) in [6.45, 7) is 1.06. The van der Waals surface area contributed by atoms with Gasteiger partial charge in [-0.1, -0.05) is 28.9 Å². The topological polar surface area (TPSA) is 66.5 Å². The van der Waals surface area contributed by atoms with Crippen LogP contribution in [0.2, 0.25) is 0 Å². The Morgan fingerprint density at radius 1 is 1.15 bits per heavy atom. The second kappa shape index (κ2) is 8.41. The molecule has 10 heteroatoms. The molecule has 5 nitrogen and oxygen atoms in total. The highest BCUT2D eigenvalue weighted by Gasteiger charge is 2.30. The first-order valence-corrected chi connectivity index (χ1v) is 10.00. The van der Waals surface area contributed by atoms with E-state index in [1.54, 1.807) is 19.1 Å². The maximum Gasteiger partial charge on any atom is 0.416 e. The molecular formula is C17H16BrF3N2O3S. The van der Waals surface area contributed by atoms with Crippen LogP contribution in [0.5, 0.6) is 0 Å². The van der Waals surface area contributed by atoms with Crippen LogP contribution >= 0.6 is 15.9 Å². The molecule has 0 unspecified atom stereocenters. The SMILES string of the molecule is CCN(CC(=O)Nc1cccc(C(F)(F)F)c1)S(=O)(=O)c1ccc(Br)cc1. The molecule has 0 radical (unpaired) electrons.